The van der Waals surface area contributed by atoms with Gasteiger partial charge in [-0.1, -0.05) is 30.3 Å². The van der Waals surface area contributed by atoms with Crippen LogP contribution in [0.3, 0.4) is 0 Å². The van der Waals surface area contributed by atoms with Gasteiger partial charge in [-0.2, -0.15) is 0 Å². The number of halogens is 2. The van der Waals surface area contributed by atoms with Gasteiger partial charge in [0.25, 0.3) is 0 Å². The third kappa shape index (κ3) is 2.71. The summed E-state index contributed by atoms with van der Waals surface area (Å²) in [6.45, 7) is 0. The second-order valence-corrected chi connectivity index (χ2v) is 5.19. The van der Waals surface area contributed by atoms with Gasteiger partial charge in [-0.25, -0.2) is 0 Å². The molecule has 1 heterocycles. The molecule has 0 unspecified atom stereocenters. The Morgan fingerprint density at radius 3 is 2.35 bits per heavy atom. The lowest BCUT2D eigenvalue weighted by atomic mass is 10.1. The number of thiophene rings is 1. The van der Waals surface area contributed by atoms with Gasteiger partial charge in [0.05, 0.1) is 10.8 Å². The number of hydrogen-bond acceptors (Lipinski definition) is 2. The van der Waals surface area contributed by atoms with E-state index < -0.39 is 0 Å². The van der Waals surface area contributed by atoms with Gasteiger partial charge in [-0.15, -0.1) is 34.5 Å². The van der Waals surface area contributed by atoms with Gasteiger partial charge in [-0.3, -0.25) is 4.79 Å². The van der Waals surface area contributed by atoms with E-state index in [9.17, 15) is 4.79 Å². The highest BCUT2D eigenvalue weighted by Gasteiger charge is 2.14. The molecule has 1 nitrogen and oxygen atoms in total. The Bertz CT molecular complexity index is 498. The molecule has 0 radical (unpaired) electrons. The molecular formula is C13H10Cl2OS. The van der Waals surface area contributed by atoms with E-state index in [0.717, 1.165) is 10.4 Å². The second-order valence-electron chi connectivity index (χ2n) is 3.52. The van der Waals surface area contributed by atoms with Crippen molar-refractivity contribution in [2.75, 3.05) is 0 Å². The normalized spacial score (nSPS) is 10.5. The predicted molar refractivity (Wildman–Crippen MR) is 73.3 cm³/mol. The number of carbonyl (C=O) groups is 1. The van der Waals surface area contributed by atoms with Crippen molar-refractivity contribution in [3.8, 4) is 0 Å². The average molecular weight is 285 g/mol. The summed E-state index contributed by atoms with van der Waals surface area (Å²) >= 11 is 13.0. The molecule has 88 valence electrons. The van der Waals surface area contributed by atoms with Crippen LogP contribution < -0.4 is 0 Å². The summed E-state index contributed by atoms with van der Waals surface area (Å²) in [7, 11) is 0. The molecule has 0 saturated carbocycles. The first kappa shape index (κ1) is 12.6. The number of ketones is 1. The molecule has 2 rings (SSSR count). The zero-order valence-corrected chi connectivity index (χ0v) is 11.3. The second kappa shape index (κ2) is 5.67. The third-order valence-electron chi connectivity index (χ3n) is 2.42. The minimum absolute atomic E-state index is 0.0262. The SMILES string of the molecule is O=C(c1ccccc1)c1cc(CCl)c(CCl)s1. The summed E-state index contributed by atoms with van der Waals surface area (Å²) in [5, 5.41) is 0. The van der Waals surface area contributed by atoms with Crippen molar-refractivity contribution in [1.29, 1.82) is 0 Å². The molecule has 0 aliphatic heterocycles. The monoisotopic (exact) mass is 284 g/mol. The van der Waals surface area contributed by atoms with Crippen LogP contribution in [0.25, 0.3) is 0 Å². The Morgan fingerprint density at radius 2 is 1.82 bits per heavy atom. The Balaban J connectivity index is 2.35. The predicted octanol–water partition coefficient (Wildman–Crippen LogP) is 4.46. The zero-order chi connectivity index (χ0) is 12.3. The molecule has 0 fully saturated rings. The van der Waals surface area contributed by atoms with Crippen LogP contribution in [0, 0.1) is 0 Å². The maximum Gasteiger partial charge on any atom is 0.202 e. The highest BCUT2D eigenvalue weighted by Crippen LogP contribution is 2.27. The molecule has 4 heteroatoms. The summed E-state index contributed by atoms with van der Waals surface area (Å²) in [5.74, 6) is 0.813. The van der Waals surface area contributed by atoms with Crippen LogP contribution in [0.2, 0.25) is 0 Å². The Labute approximate surface area is 114 Å². The quantitative estimate of drug-likeness (QED) is 0.599. The molecular weight excluding hydrogens is 275 g/mol. The van der Waals surface area contributed by atoms with Crippen LogP contribution >= 0.6 is 34.5 Å². The molecule has 0 bridgehead atoms. The number of hydrogen-bond donors (Lipinski definition) is 0. The van der Waals surface area contributed by atoms with E-state index >= 15 is 0 Å². The van der Waals surface area contributed by atoms with Crippen LogP contribution in [0.1, 0.15) is 25.7 Å². The molecule has 17 heavy (non-hydrogen) atoms. The minimum Gasteiger partial charge on any atom is -0.288 e. The van der Waals surface area contributed by atoms with Gasteiger partial charge < -0.3 is 0 Å². The molecule has 0 amide bonds. The topological polar surface area (TPSA) is 17.1 Å². The lowest BCUT2D eigenvalue weighted by molar-refractivity contribution is 0.104. The molecule has 0 aliphatic carbocycles. The zero-order valence-electron chi connectivity index (χ0n) is 8.95. The Kier molecular flexibility index (Phi) is 4.21. The van der Waals surface area contributed by atoms with E-state index in [4.69, 9.17) is 23.2 Å². The molecule has 0 spiro atoms. The van der Waals surface area contributed by atoms with Gasteiger partial charge in [0.1, 0.15) is 0 Å². The fraction of sp³-hybridized carbons (Fsp3) is 0.154. The van der Waals surface area contributed by atoms with E-state index in [-0.39, 0.29) is 5.78 Å². The van der Waals surface area contributed by atoms with Crippen molar-refractivity contribution < 1.29 is 4.79 Å². The molecule has 2 aromatic rings. The minimum atomic E-state index is 0.0262. The molecule has 0 aliphatic rings. The van der Waals surface area contributed by atoms with Crippen molar-refractivity contribution in [3.63, 3.8) is 0 Å². The van der Waals surface area contributed by atoms with E-state index in [0.29, 0.717) is 22.2 Å². The number of rotatable bonds is 4. The van der Waals surface area contributed by atoms with Crippen LogP contribution in [-0.2, 0) is 11.8 Å². The maximum absolute atomic E-state index is 12.2. The van der Waals surface area contributed by atoms with Crippen LogP contribution in [0.5, 0.6) is 0 Å². The number of carbonyl (C=O) groups excluding carboxylic acids is 1. The fourth-order valence-electron chi connectivity index (χ4n) is 1.54. The highest BCUT2D eigenvalue weighted by atomic mass is 35.5. The lowest BCUT2D eigenvalue weighted by Gasteiger charge is -1.96. The molecule has 0 atom stereocenters. The Hall–Kier alpha value is -0.830. The van der Waals surface area contributed by atoms with Crippen LogP contribution in [-0.4, -0.2) is 5.78 Å². The van der Waals surface area contributed by atoms with Crippen molar-refractivity contribution in [2.45, 2.75) is 11.8 Å². The van der Waals surface area contributed by atoms with Crippen molar-refractivity contribution in [3.05, 3.63) is 57.3 Å². The first-order chi connectivity index (χ1) is 8.26. The summed E-state index contributed by atoms with van der Waals surface area (Å²) in [6.07, 6.45) is 0. The molecule has 1 aromatic carbocycles. The van der Waals surface area contributed by atoms with Crippen LogP contribution in [0.15, 0.2) is 36.4 Å². The van der Waals surface area contributed by atoms with E-state index in [1.807, 2.05) is 36.4 Å². The largest absolute Gasteiger partial charge is 0.288 e. The Morgan fingerprint density at radius 1 is 1.12 bits per heavy atom. The lowest BCUT2D eigenvalue weighted by Crippen LogP contribution is -1.97. The van der Waals surface area contributed by atoms with Crippen molar-refractivity contribution in [2.24, 2.45) is 0 Å². The molecule has 0 saturated heterocycles. The summed E-state index contributed by atoms with van der Waals surface area (Å²) in [6, 6.07) is 11.0. The van der Waals surface area contributed by atoms with Gasteiger partial charge in [-0.05, 0) is 11.6 Å². The van der Waals surface area contributed by atoms with Gasteiger partial charge in [0.2, 0.25) is 5.78 Å². The van der Waals surface area contributed by atoms with E-state index in [1.54, 1.807) is 0 Å². The summed E-state index contributed by atoms with van der Waals surface area (Å²) in [4.78, 5) is 13.8. The van der Waals surface area contributed by atoms with Crippen LogP contribution in [0.4, 0.5) is 0 Å². The van der Waals surface area contributed by atoms with Crippen molar-refractivity contribution in [1.82, 2.24) is 0 Å². The first-order valence-corrected chi connectivity index (χ1v) is 6.98. The fourth-order valence-corrected chi connectivity index (χ4v) is 3.18. The van der Waals surface area contributed by atoms with Gasteiger partial charge >= 0.3 is 0 Å². The summed E-state index contributed by atoms with van der Waals surface area (Å²) < 4.78 is 0. The highest BCUT2D eigenvalue weighted by molar-refractivity contribution is 7.14. The van der Waals surface area contributed by atoms with Crippen molar-refractivity contribution >= 4 is 40.3 Å². The third-order valence-corrected chi connectivity index (χ3v) is 4.31. The first-order valence-electron chi connectivity index (χ1n) is 5.09. The maximum atomic E-state index is 12.2. The average Bonchev–Trinajstić information content (AvgIpc) is 2.82. The molecule has 0 N–H and O–H groups in total. The number of benzene rings is 1. The van der Waals surface area contributed by atoms with Gasteiger partial charge in [0.15, 0.2) is 0 Å². The number of alkyl halides is 2. The summed E-state index contributed by atoms with van der Waals surface area (Å²) in [5.41, 5.74) is 1.64. The standard InChI is InChI=1S/C13H10Cl2OS/c14-7-10-6-11(17-12(10)8-15)13(16)9-4-2-1-3-5-9/h1-6H,7-8H2. The molecule has 1 aromatic heterocycles. The van der Waals surface area contributed by atoms with E-state index in [2.05, 4.69) is 0 Å². The van der Waals surface area contributed by atoms with E-state index in [1.165, 1.54) is 11.3 Å². The van der Waals surface area contributed by atoms with Gasteiger partial charge in [0, 0.05) is 16.3 Å². The smallest absolute Gasteiger partial charge is 0.202 e.